The van der Waals surface area contributed by atoms with Gasteiger partial charge in [0.05, 0.1) is 14.2 Å². The second-order valence-corrected chi connectivity index (χ2v) is 85.1. The number of hydrogen-bond acceptors (Lipinski definition) is 16. The second-order valence-electron chi connectivity index (χ2n) is 44.3. The van der Waals surface area contributed by atoms with E-state index in [1.807, 2.05) is 73.0 Å². The number of hydrogen-bond donors (Lipinski definition) is 6. The predicted octanol–water partition coefficient (Wildman–Crippen LogP) is 26.7. The molecule has 0 atom stereocenters. The number of nitrogens with one attached hydrogen (secondary N) is 4. The lowest BCUT2D eigenvalue weighted by molar-refractivity contribution is -0.118. The normalized spacial score (nSPS) is 16.3. The van der Waals surface area contributed by atoms with Crippen molar-refractivity contribution >= 4 is 247 Å². The average molecular weight is 2250 g/mol. The van der Waals surface area contributed by atoms with Crippen molar-refractivity contribution in [3.05, 3.63) is 162 Å². The molecular weight excluding hydrogens is 2070 g/mol. The molecule has 0 aliphatic carbocycles. The summed E-state index contributed by atoms with van der Waals surface area (Å²) in [5.74, 6) is 7.04. The summed E-state index contributed by atoms with van der Waals surface area (Å²) in [7, 11) is -8.87. The standard InChI is InChI=1S/C13H24BClN2O2Si.C13H25BN2O2Si.C12H21BBrClN2OSi.C12H23BN2O2Si.C10H17BBrCl2NSi.C10H18BCl2NSi.C10H19BClNSi.C6H15N.C2H5NO.2CH4/c1-10(18)16-14-12(15)8-11(19-5)9-17(14)20(6,7)13(2,3)4;1-11(17)15-14-9-8-12(18-5)10-16(14)19(6,7)13(2,3)4;1-9(18)16-13-11(15)7-10(14)8-17(13)19(5,6)12(2,3)4;1-10(16)14-13-8-7-11(17)9-15(13)18(5,6)12(2,3)4;1-10(2,3)16(4,5)15-7-8(12)6-9(13)11(15)14;1-10(2,3)15(4,5)14-8-6-7-9(12)11(14)13;1-10(2,3)14(4,5)13-9-7-6-8-11(13)12;1-4-7(5-2)6-3;1-2(3)4;;/h8-9H,1-7H3,(H,16,18);8-10H,1-7H3,(H,15,17);7-8H,1-6H3,(H,16,18);7-9,17H,1-6H3,(H,14,16);6-7H,1-5H3;6-8H,1-5H3;6-9H,1-5H3;4-6H2,1-3H3;1H3,(H2,3,4);2*1H4. The quantitative estimate of drug-likeness (QED) is 0.0791. The van der Waals surface area contributed by atoms with Gasteiger partial charge < -0.3 is 77.5 Å². The molecule has 760 valence electrons. The molecule has 7 aliphatic rings. The van der Waals surface area contributed by atoms with Crippen LogP contribution in [0.5, 0.6) is 0 Å². The number of rotatable bonds is 16. The van der Waals surface area contributed by atoms with E-state index in [-0.39, 0.29) is 127 Å². The highest BCUT2D eigenvalue weighted by Gasteiger charge is 2.53. The molecule has 0 saturated heterocycles. The fourth-order valence-corrected chi connectivity index (χ4v) is 31.7. The maximum absolute atomic E-state index is 11.5. The number of halogens is 9. The molecular formula is C90H175B7Br2Cl7N13O8Si7. The van der Waals surface area contributed by atoms with Crippen molar-refractivity contribution in [3.63, 3.8) is 0 Å². The van der Waals surface area contributed by atoms with Gasteiger partial charge in [-0.05, 0) is 154 Å². The van der Waals surface area contributed by atoms with Crippen molar-refractivity contribution in [2.75, 3.05) is 33.9 Å². The van der Waals surface area contributed by atoms with Gasteiger partial charge in [-0.3, -0.25) is 24.0 Å². The molecule has 0 radical (unpaired) electrons. The summed E-state index contributed by atoms with van der Waals surface area (Å²) in [6, 6.07) is 0. The van der Waals surface area contributed by atoms with Crippen LogP contribution >= 0.6 is 113 Å². The van der Waals surface area contributed by atoms with E-state index in [0.717, 1.165) is 14.7 Å². The molecule has 7 rings (SSSR count). The number of amides is 5. The molecule has 7 heterocycles. The average Bonchev–Trinajstić information content (AvgIpc) is 0.727. The topological polar surface area (TPSA) is 224 Å². The van der Waals surface area contributed by atoms with Crippen LogP contribution in [0.25, 0.3) is 0 Å². The number of aliphatic hydroxyl groups excluding tert-OH is 1. The monoisotopic (exact) mass is 2240 g/mol. The molecule has 0 spiro atoms. The van der Waals surface area contributed by atoms with E-state index in [2.05, 4.69) is 377 Å². The lowest BCUT2D eigenvalue weighted by Crippen LogP contribution is -2.64. The molecule has 5 amide bonds. The molecule has 7 aliphatic heterocycles. The van der Waals surface area contributed by atoms with E-state index < -0.39 is 57.6 Å². The number of allylic oxidation sites excluding steroid dienone is 11. The molecule has 0 aromatic heterocycles. The highest BCUT2D eigenvalue weighted by Crippen LogP contribution is 2.48. The van der Waals surface area contributed by atoms with Crippen molar-refractivity contribution < 1.29 is 38.6 Å². The summed E-state index contributed by atoms with van der Waals surface area (Å²) in [5.41, 5.74) is 4.47. The van der Waals surface area contributed by atoms with Crippen LogP contribution in [-0.4, -0.2) is 209 Å². The smallest absolute Gasteiger partial charge is 0.414 e. The number of methoxy groups -OCH3 is 2. The molecule has 134 heavy (non-hydrogen) atoms. The first-order valence-corrected chi connectivity index (χ1v) is 70.3. The first-order chi connectivity index (χ1) is 59.2. The Hall–Kier alpha value is -3.37. The highest BCUT2D eigenvalue weighted by atomic mass is 79.9. The number of carbonyl (C=O) groups excluding carboxylic acids is 5. The molecule has 0 unspecified atom stereocenters. The molecule has 0 aromatic carbocycles. The van der Waals surface area contributed by atoms with E-state index in [0.29, 0.717) is 30.5 Å². The Morgan fingerprint density at radius 2 is 0.679 bits per heavy atom. The van der Waals surface area contributed by atoms with Crippen LogP contribution in [0.3, 0.4) is 0 Å². The van der Waals surface area contributed by atoms with Gasteiger partial charge in [-0.1, -0.05) is 349 Å². The van der Waals surface area contributed by atoms with Crippen LogP contribution in [0.2, 0.25) is 127 Å². The van der Waals surface area contributed by atoms with E-state index in [1.54, 1.807) is 39.5 Å². The largest absolute Gasteiger partial charge is 0.507 e. The first-order valence-electron chi connectivity index (χ1n) is 45.2. The Morgan fingerprint density at radius 3 is 1.01 bits per heavy atom. The van der Waals surface area contributed by atoms with Crippen LogP contribution in [0.4, 0.5) is 0 Å². The third-order valence-electron chi connectivity index (χ3n) is 27.6. The Balaban J connectivity index is -0.000000721. The number of aliphatic hydroxyl groups is 1. The van der Waals surface area contributed by atoms with Gasteiger partial charge in [0.25, 0.3) is 0 Å². The van der Waals surface area contributed by atoms with Crippen LogP contribution in [0.1, 0.15) is 216 Å². The van der Waals surface area contributed by atoms with Crippen molar-refractivity contribution in [1.82, 2.24) is 57.1 Å². The number of carbonyl (C=O) groups is 5. The maximum atomic E-state index is 11.5. The fraction of sp³-hybridized carbons (Fsp3) is 0.633. The summed E-state index contributed by atoms with van der Waals surface area (Å²) < 4.78 is 28.2. The summed E-state index contributed by atoms with van der Waals surface area (Å²) in [6.45, 7) is 96.1. The van der Waals surface area contributed by atoms with E-state index in [4.69, 9.17) is 90.3 Å². The Kier molecular flexibility index (Phi) is 57.3. The van der Waals surface area contributed by atoms with E-state index >= 15 is 0 Å². The Morgan fingerprint density at radius 1 is 0.396 bits per heavy atom. The van der Waals surface area contributed by atoms with Gasteiger partial charge in [0.2, 0.25) is 29.5 Å². The molecule has 0 saturated carbocycles. The predicted molar refractivity (Wildman–Crippen MR) is 625 cm³/mol. The Bertz CT molecular complexity index is 4290. The van der Waals surface area contributed by atoms with Crippen LogP contribution in [0.15, 0.2) is 162 Å². The second kappa shape index (κ2) is 56.0. The SMILES string of the molecule is C.C.CC(=O)NB1C(Cl)=CC(Br)=CN1[Si](C)(C)C(C)(C)C.CC(=O)NB1C=CC(O)=CN1[Si](C)(C)C(C)(C)C.CC(C)(C)[Si](C)(C)N1C=C(Br)C=C(Cl)B1Cl.CC(C)(C)[Si](C)(C)N1C=CC=C(Cl)B1Cl.CC(C)(C)[Si](C)(C)N1C=CC=CB1Cl.CC(N)=O.CCN(CC)CC.COC1=CN([Si](C)(C)C(C)(C)C)B(NC(C)=O)C(Cl)=C1.COC1=CN([Si](C)(C)C(C)(C)C)B(NC(C)=O)C=C1. The van der Waals surface area contributed by atoms with Crippen molar-refractivity contribution in [3.8, 4) is 0 Å². The van der Waals surface area contributed by atoms with Crippen molar-refractivity contribution in [1.29, 1.82) is 0 Å². The van der Waals surface area contributed by atoms with Crippen LogP contribution in [0, 0.1) is 0 Å². The number of nitrogens with two attached hydrogens (primary N) is 1. The minimum atomic E-state index is -1.90. The van der Waals surface area contributed by atoms with Gasteiger partial charge in [-0.2, -0.15) is 34.4 Å². The van der Waals surface area contributed by atoms with Crippen molar-refractivity contribution in [2.24, 2.45) is 5.73 Å². The summed E-state index contributed by atoms with van der Waals surface area (Å²) in [6.07, 6.45) is 30.6. The summed E-state index contributed by atoms with van der Waals surface area (Å²) in [4.78, 5) is 59.7. The Labute approximate surface area is 878 Å². The highest BCUT2D eigenvalue weighted by molar-refractivity contribution is 9.12. The van der Waals surface area contributed by atoms with Gasteiger partial charge >= 0.3 is 46.7 Å². The fourth-order valence-electron chi connectivity index (χ4n) is 12.2. The maximum Gasteiger partial charge on any atom is 0.414 e. The van der Waals surface area contributed by atoms with Gasteiger partial charge in [-0.25, -0.2) is 0 Å². The zero-order valence-corrected chi connectivity index (χ0v) is 104. The molecule has 0 aromatic rings. The lowest BCUT2D eigenvalue weighted by atomic mass is 9.74. The van der Waals surface area contributed by atoms with Gasteiger partial charge in [0, 0.05) is 81.9 Å². The number of nitrogens with zero attached hydrogens (tertiary/aromatic N) is 8. The number of primary amides is 1. The van der Waals surface area contributed by atoms with Gasteiger partial charge in [0.15, 0.2) is 0 Å². The summed E-state index contributed by atoms with van der Waals surface area (Å²) >= 11 is 50.9. The zero-order chi connectivity index (χ0) is 105. The minimum absolute atomic E-state index is 0. The van der Waals surface area contributed by atoms with Crippen LogP contribution < -0.4 is 26.6 Å². The van der Waals surface area contributed by atoms with Gasteiger partial charge in [-0.15, -0.1) is 0 Å². The van der Waals surface area contributed by atoms with Crippen molar-refractivity contribution in [2.45, 2.75) is 343 Å². The van der Waals surface area contributed by atoms with Crippen LogP contribution in [-0.2, 0) is 33.4 Å². The first kappa shape index (κ1) is 137. The van der Waals surface area contributed by atoms with Gasteiger partial charge in [0.1, 0.15) is 74.9 Å². The van der Waals surface area contributed by atoms with E-state index in [9.17, 15) is 29.1 Å². The molecule has 7 N–H and O–H groups in total. The molecule has 44 heteroatoms. The zero-order valence-electron chi connectivity index (χ0n) is 89.0. The van der Waals surface area contributed by atoms with E-state index in [1.165, 1.54) is 47.3 Å². The molecule has 21 nitrogen and oxygen atoms in total. The molecule has 0 bridgehead atoms. The third kappa shape index (κ3) is 40.8. The number of ether oxygens (including phenoxy) is 2. The third-order valence-corrected chi connectivity index (χ3v) is 69.3. The minimum Gasteiger partial charge on any atom is -0.507 e. The summed E-state index contributed by atoms with van der Waals surface area (Å²) in [5, 5.41) is 22.9. The molecule has 0 fully saturated rings. The lowest BCUT2D eigenvalue weighted by Gasteiger charge is -2.49.